The lowest BCUT2D eigenvalue weighted by Crippen LogP contribution is -1.87. The molecule has 8 heavy (non-hydrogen) atoms. The topological polar surface area (TPSA) is 26.3 Å². The highest BCUT2D eigenvalue weighted by Crippen LogP contribution is 1.73. The molecule has 0 aromatic rings. The quantitative estimate of drug-likeness (QED) is 0.570. The van der Waals surface area contributed by atoms with Crippen molar-refractivity contribution in [1.29, 1.82) is 0 Å². The van der Waals surface area contributed by atoms with Gasteiger partial charge in [-0.05, 0) is 12.7 Å². The van der Waals surface area contributed by atoms with E-state index in [0.29, 0.717) is 6.61 Å². The van der Waals surface area contributed by atoms with Crippen LogP contribution in [0.15, 0.2) is 0 Å². The zero-order valence-electron chi connectivity index (χ0n) is 5.13. The fraction of sp³-hybridized carbons (Fsp3) is 1.00. The fourth-order valence-electron chi connectivity index (χ4n) is 0.267. The molecular weight excluding hydrogens is 144 g/mol. The van der Waals surface area contributed by atoms with Crippen molar-refractivity contribution in [2.75, 3.05) is 12.4 Å². The SMILES string of the molecule is CCO/[SH](=O)=[SH]/CC. The summed E-state index contributed by atoms with van der Waals surface area (Å²) in [7, 11) is -0.446. The third-order valence-corrected chi connectivity index (χ3v) is 3.38. The molecule has 0 radical (unpaired) electrons. The van der Waals surface area contributed by atoms with Crippen LogP contribution in [-0.4, -0.2) is 16.6 Å². The summed E-state index contributed by atoms with van der Waals surface area (Å²) >= 11 is 0. The molecule has 0 aromatic carbocycles. The molecule has 0 aromatic heterocycles. The molecule has 1 atom stereocenters. The summed E-state index contributed by atoms with van der Waals surface area (Å²) in [5.74, 6) is 0.912. The molecule has 0 N–H and O–H groups in total. The standard InChI is InChI=1S/C4H12O2S2/c1-3-6-8(5)7-4-2/h7-8H,3-4H2,1-2H3. The van der Waals surface area contributed by atoms with E-state index in [4.69, 9.17) is 4.18 Å². The molecule has 4 heteroatoms. The summed E-state index contributed by atoms with van der Waals surface area (Å²) < 4.78 is 15.3. The van der Waals surface area contributed by atoms with Gasteiger partial charge in [0, 0.05) is 0 Å². The molecule has 0 amide bonds. The monoisotopic (exact) mass is 156 g/mol. The maximum Gasteiger partial charge on any atom is 0.0918 e. The Labute approximate surface area is 55.1 Å². The highest BCUT2D eigenvalue weighted by molar-refractivity contribution is 8.27. The first-order valence-electron chi connectivity index (χ1n) is 2.58. The second-order valence-electron chi connectivity index (χ2n) is 1.11. The Morgan fingerprint density at radius 1 is 1.62 bits per heavy atom. The van der Waals surface area contributed by atoms with E-state index in [1.54, 1.807) is 0 Å². The second-order valence-corrected chi connectivity index (χ2v) is 4.59. The van der Waals surface area contributed by atoms with Crippen molar-refractivity contribution in [2.45, 2.75) is 13.8 Å². The molecule has 0 bridgehead atoms. The van der Waals surface area contributed by atoms with E-state index in [1.165, 1.54) is 0 Å². The average molecular weight is 156 g/mol. The van der Waals surface area contributed by atoms with Crippen molar-refractivity contribution in [3.05, 3.63) is 0 Å². The summed E-state index contributed by atoms with van der Waals surface area (Å²) in [5, 5.41) is 0. The van der Waals surface area contributed by atoms with Gasteiger partial charge >= 0.3 is 0 Å². The lowest BCUT2D eigenvalue weighted by atomic mass is 10.9. The van der Waals surface area contributed by atoms with E-state index >= 15 is 0 Å². The first kappa shape index (κ1) is 8.46. The molecule has 0 spiro atoms. The Morgan fingerprint density at radius 2 is 2.25 bits per heavy atom. The van der Waals surface area contributed by atoms with Gasteiger partial charge in [-0.25, -0.2) is 4.21 Å². The molecule has 0 rings (SSSR count). The predicted molar refractivity (Wildman–Crippen MR) is 40.5 cm³/mol. The molecule has 0 aliphatic carbocycles. The lowest BCUT2D eigenvalue weighted by Gasteiger charge is -1.88. The second kappa shape index (κ2) is 5.59. The van der Waals surface area contributed by atoms with Gasteiger partial charge in [0.25, 0.3) is 0 Å². The van der Waals surface area contributed by atoms with E-state index in [2.05, 4.69) is 0 Å². The molecule has 0 saturated carbocycles. The lowest BCUT2D eigenvalue weighted by molar-refractivity contribution is 0.382. The van der Waals surface area contributed by atoms with Gasteiger partial charge in [-0.15, -0.1) is 10.3 Å². The summed E-state index contributed by atoms with van der Waals surface area (Å²) in [6, 6.07) is 0. The van der Waals surface area contributed by atoms with Crippen LogP contribution in [0.1, 0.15) is 13.8 Å². The van der Waals surface area contributed by atoms with Crippen molar-refractivity contribution >= 4 is 20.0 Å². The molecule has 0 heterocycles. The highest BCUT2D eigenvalue weighted by Gasteiger charge is 1.74. The van der Waals surface area contributed by atoms with E-state index in [0.717, 1.165) is 16.1 Å². The van der Waals surface area contributed by atoms with Gasteiger partial charge in [-0.2, -0.15) is 0 Å². The van der Waals surface area contributed by atoms with Crippen LogP contribution in [0.25, 0.3) is 0 Å². The van der Waals surface area contributed by atoms with Crippen LogP contribution in [0.4, 0.5) is 0 Å². The molecule has 0 aliphatic heterocycles. The Bertz CT molecular complexity index is 115. The minimum absolute atomic E-state index is 0.558. The third kappa shape index (κ3) is 4.61. The average Bonchev–Trinajstić information content (AvgIpc) is 1.68. The van der Waals surface area contributed by atoms with Crippen molar-refractivity contribution in [3.8, 4) is 0 Å². The smallest absolute Gasteiger partial charge is 0.0918 e. The van der Waals surface area contributed by atoms with Gasteiger partial charge in [0.1, 0.15) is 0 Å². The van der Waals surface area contributed by atoms with E-state index in [1.807, 2.05) is 13.8 Å². The number of hydrogen-bond donors (Lipinski definition) is 2. The van der Waals surface area contributed by atoms with Crippen LogP contribution in [0.3, 0.4) is 0 Å². The van der Waals surface area contributed by atoms with Gasteiger partial charge in [-0.3, -0.25) is 4.18 Å². The van der Waals surface area contributed by atoms with Crippen molar-refractivity contribution in [2.24, 2.45) is 0 Å². The molecule has 0 saturated heterocycles. The molecule has 0 aliphatic rings. The van der Waals surface area contributed by atoms with Gasteiger partial charge in [0.15, 0.2) is 0 Å². The molecule has 2 nitrogen and oxygen atoms in total. The number of thiol groups is 2. The number of hydrogen-bond acceptors (Lipinski definition) is 2. The Hall–Kier alpha value is 0.460. The zero-order valence-corrected chi connectivity index (χ0v) is 6.91. The molecule has 0 fully saturated rings. The van der Waals surface area contributed by atoms with Crippen molar-refractivity contribution < 1.29 is 8.39 Å². The van der Waals surface area contributed by atoms with Gasteiger partial charge in [0.2, 0.25) is 0 Å². The first-order chi connectivity index (χ1) is 3.81. The summed E-state index contributed by atoms with van der Waals surface area (Å²) in [5.41, 5.74) is 0. The summed E-state index contributed by atoms with van der Waals surface area (Å²) in [6.07, 6.45) is 0. The minimum Gasteiger partial charge on any atom is -0.296 e. The molecule has 52 valence electrons. The van der Waals surface area contributed by atoms with Crippen LogP contribution < -0.4 is 0 Å². The first-order valence-corrected chi connectivity index (χ1v) is 5.55. The van der Waals surface area contributed by atoms with E-state index < -0.39 is 9.64 Å². The minimum atomic E-state index is -1.36. The zero-order chi connectivity index (χ0) is 6.41. The Morgan fingerprint density at radius 3 is 2.62 bits per heavy atom. The largest absolute Gasteiger partial charge is 0.296 e. The van der Waals surface area contributed by atoms with Crippen LogP contribution in [-0.2, 0) is 24.1 Å². The normalized spacial score (nSPS) is 15.2. The van der Waals surface area contributed by atoms with Gasteiger partial charge in [-0.1, -0.05) is 6.92 Å². The fourth-order valence-corrected chi connectivity index (χ4v) is 2.08. The van der Waals surface area contributed by atoms with Gasteiger partial charge < -0.3 is 0 Å². The van der Waals surface area contributed by atoms with Crippen LogP contribution >= 0.6 is 0 Å². The van der Waals surface area contributed by atoms with Crippen molar-refractivity contribution in [3.63, 3.8) is 0 Å². The maximum absolute atomic E-state index is 10.6. The summed E-state index contributed by atoms with van der Waals surface area (Å²) in [6.45, 7) is 4.38. The maximum atomic E-state index is 10.6. The van der Waals surface area contributed by atoms with E-state index in [-0.39, 0.29) is 0 Å². The van der Waals surface area contributed by atoms with Crippen LogP contribution in [0, 0.1) is 0 Å². The Balaban J connectivity index is 3.46. The molecular formula is C4H12O2S2. The van der Waals surface area contributed by atoms with E-state index in [9.17, 15) is 4.21 Å². The summed E-state index contributed by atoms with van der Waals surface area (Å²) in [4.78, 5) is 0. The third-order valence-electron chi connectivity index (χ3n) is 0.496. The van der Waals surface area contributed by atoms with Crippen molar-refractivity contribution in [1.82, 2.24) is 0 Å². The highest BCUT2D eigenvalue weighted by atomic mass is 32.8. The van der Waals surface area contributed by atoms with Crippen LogP contribution in [0.5, 0.6) is 0 Å². The van der Waals surface area contributed by atoms with Gasteiger partial charge in [0.05, 0.1) is 16.2 Å². The predicted octanol–water partition coefficient (Wildman–Crippen LogP) is 0.169. The Kier molecular flexibility index (Phi) is 5.92. The molecule has 1 unspecified atom stereocenters. The number of rotatable bonds is 3. The van der Waals surface area contributed by atoms with Crippen LogP contribution in [0.2, 0.25) is 0 Å².